The molecule has 0 aliphatic heterocycles. The SMILES string of the molecule is CCn1c(S[C@@H](C)C(=O)Nc2c(C)nn(C)c2C)nnc1-c1cccc(Cl)c1. The number of nitrogens with one attached hydrogen (secondary N) is 1. The molecule has 9 heteroatoms. The molecule has 0 spiro atoms. The number of hydrogen-bond donors (Lipinski definition) is 1. The molecule has 0 radical (unpaired) electrons. The number of aryl methyl sites for hydroxylation is 2. The third-order valence-electron chi connectivity index (χ3n) is 4.52. The normalized spacial score (nSPS) is 12.2. The number of carbonyl (C=O) groups excluding carboxylic acids is 1. The fourth-order valence-electron chi connectivity index (χ4n) is 2.89. The highest BCUT2D eigenvalue weighted by Crippen LogP contribution is 2.29. The Morgan fingerprint density at radius 3 is 2.68 bits per heavy atom. The van der Waals surface area contributed by atoms with Gasteiger partial charge in [0, 0.05) is 24.2 Å². The van der Waals surface area contributed by atoms with Gasteiger partial charge in [-0.3, -0.25) is 9.48 Å². The van der Waals surface area contributed by atoms with E-state index < -0.39 is 0 Å². The average Bonchev–Trinajstić information content (AvgIpc) is 3.17. The van der Waals surface area contributed by atoms with Crippen LogP contribution >= 0.6 is 23.4 Å². The van der Waals surface area contributed by atoms with Crippen molar-refractivity contribution in [1.29, 1.82) is 0 Å². The predicted octanol–water partition coefficient (Wildman–Crippen LogP) is 4.09. The summed E-state index contributed by atoms with van der Waals surface area (Å²) in [5, 5.41) is 16.9. The molecule has 0 unspecified atom stereocenters. The van der Waals surface area contributed by atoms with Crippen molar-refractivity contribution >= 4 is 35.0 Å². The molecule has 0 aliphatic carbocycles. The molecule has 2 aromatic heterocycles. The number of aromatic nitrogens is 5. The van der Waals surface area contributed by atoms with Crippen molar-refractivity contribution in [3.05, 3.63) is 40.7 Å². The van der Waals surface area contributed by atoms with Crippen molar-refractivity contribution in [3.8, 4) is 11.4 Å². The number of hydrogen-bond acceptors (Lipinski definition) is 5. The summed E-state index contributed by atoms with van der Waals surface area (Å²) in [6.45, 7) is 8.37. The number of anilines is 1. The summed E-state index contributed by atoms with van der Waals surface area (Å²) in [5.41, 5.74) is 3.37. The van der Waals surface area contributed by atoms with Crippen molar-refractivity contribution in [2.45, 2.75) is 44.6 Å². The fourth-order valence-corrected chi connectivity index (χ4v) is 4.00. The first kappa shape index (κ1) is 20.4. The van der Waals surface area contributed by atoms with Crippen LogP contribution in [-0.4, -0.2) is 35.7 Å². The predicted molar refractivity (Wildman–Crippen MR) is 113 cm³/mol. The molecule has 0 saturated carbocycles. The molecule has 0 bridgehead atoms. The Bertz CT molecular complexity index is 1010. The second-order valence-corrected chi connectivity index (χ2v) is 8.22. The Kier molecular flexibility index (Phi) is 6.10. The van der Waals surface area contributed by atoms with Gasteiger partial charge in [-0.25, -0.2) is 0 Å². The number of rotatable bonds is 6. The molecule has 1 aromatic carbocycles. The van der Waals surface area contributed by atoms with E-state index in [4.69, 9.17) is 11.6 Å². The molecule has 3 rings (SSSR count). The van der Waals surface area contributed by atoms with Crippen LogP contribution in [0.1, 0.15) is 25.2 Å². The highest BCUT2D eigenvalue weighted by molar-refractivity contribution is 8.00. The molecule has 0 saturated heterocycles. The van der Waals surface area contributed by atoms with Gasteiger partial charge < -0.3 is 9.88 Å². The maximum Gasteiger partial charge on any atom is 0.237 e. The van der Waals surface area contributed by atoms with Crippen LogP contribution in [0.3, 0.4) is 0 Å². The molecule has 0 aliphatic rings. The van der Waals surface area contributed by atoms with E-state index in [-0.39, 0.29) is 11.2 Å². The van der Waals surface area contributed by atoms with Crippen LogP contribution in [-0.2, 0) is 18.4 Å². The first-order valence-corrected chi connectivity index (χ1v) is 10.2. The molecule has 0 fully saturated rings. The third-order valence-corrected chi connectivity index (χ3v) is 5.84. The zero-order chi connectivity index (χ0) is 20.4. The van der Waals surface area contributed by atoms with Crippen molar-refractivity contribution < 1.29 is 4.79 Å². The zero-order valence-electron chi connectivity index (χ0n) is 16.5. The second-order valence-electron chi connectivity index (χ2n) is 6.48. The fraction of sp³-hybridized carbons (Fsp3) is 0.368. The summed E-state index contributed by atoms with van der Waals surface area (Å²) in [5.74, 6) is 0.637. The zero-order valence-corrected chi connectivity index (χ0v) is 18.1. The summed E-state index contributed by atoms with van der Waals surface area (Å²) < 4.78 is 3.74. The molecule has 1 atom stereocenters. The van der Waals surface area contributed by atoms with Crippen LogP contribution in [0, 0.1) is 13.8 Å². The molecule has 148 valence electrons. The molecular formula is C19H23ClN6OS. The molecule has 28 heavy (non-hydrogen) atoms. The molecule has 1 amide bonds. The van der Waals surface area contributed by atoms with E-state index in [9.17, 15) is 4.79 Å². The highest BCUT2D eigenvalue weighted by atomic mass is 35.5. The Balaban J connectivity index is 1.78. The Morgan fingerprint density at radius 2 is 2.07 bits per heavy atom. The lowest BCUT2D eigenvalue weighted by Crippen LogP contribution is -2.23. The van der Waals surface area contributed by atoms with Crippen LogP contribution in [0.5, 0.6) is 0 Å². The van der Waals surface area contributed by atoms with Crippen molar-refractivity contribution in [1.82, 2.24) is 24.5 Å². The first-order valence-electron chi connectivity index (χ1n) is 8.98. The van der Waals surface area contributed by atoms with E-state index in [0.29, 0.717) is 16.7 Å². The number of nitrogens with zero attached hydrogens (tertiary/aromatic N) is 5. The van der Waals surface area contributed by atoms with E-state index in [1.807, 2.05) is 63.6 Å². The standard InChI is InChI=1S/C19H23ClN6OS/c1-6-26-17(14-8-7-9-15(20)10-14)22-23-19(26)28-13(4)18(27)21-16-11(2)24-25(5)12(16)3/h7-10,13H,6H2,1-5H3,(H,21,27)/t13-/m0/s1. The summed E-state index contributed by atoms with van der Waals surface area (Å²) in [4.78, 5) is 12.7. The lowest BCUT2D eigenvalue weighted by Gasteiger charge is -2.13. The van der Waals surface area contributed by atoms with Crippen molar-refractivity contribution in [2.24, 2.45) is 7.05 Å². The summed E-state index contributed by atoms with van der Waals surface area (Å²) >= 11 is 7.48. The summed E-state index contributed by atoms with van der Waals surface area (Å²) in [6, 6.07) is 7.51. The van der Waals surface area contributed by atoms with Gasteiger partial charge in [-0.1, -0.05) is 35.5 Å². The first-order chi connectivity index (χ1) is 13.3. The minimum atomic E-state index is -0.347. The Morgan fingerprint density at radius 1 is 1.32 bits per heavy atom. The molecule has 2 heterocycles. The molecule has 7 nitrogen and oxygen atoms in total. The lowest BCUT2D eigenvalue weighted by molar-refractivity contribution is -0.115. The van der Waals surface area contributed by atoms with Gasteiger partial charge in [0.1, 0.15) is 0 Å². The Hall–Kier alpha value is -2.32. The van der Waals surface area contributed by atoms with Gasteiger partial charge in [0.2, 0.25) is 5.91 Å². The van der Waals surface area contributed by atoms with E-state index in [1.165, 1.54) is 11.8 Å². The molecular weight excluding hydrogens is 396 g/mol. The van der Waals surface area contributed by atoms with Gasteiger partial charge in [0.25, 0.3) is 0 Å². The third kappa shape index (κ3) is 4.07. The topological polar surface area (TPSA) is 77.6 Å². The van der Waals surface area contributed by atoms with Gasteiger partial charge in [-0.05, 0) is 39.8 Å². The van der Waals surface area contributed by atoms with Gasteiger partial charge in [-0.2, -0.15) is 5.10 Å². The van der Waals surface area contributed by atoms with Crippen LogP contribution in [0.15, 0.2) is 29.4 Å². The average molecular weight is 419 g/mol. The number of halogens is 1. The minimum Gasteiger partial charge on any atom is -0.322 e. The second kappa shape index (κ2) is 8.36. The van der Waals surface area contributed by atoms with Crippen molar-refractivity contribution in [3.63, 3.8) is 0 Å². The van der Waals surface area contributed by atoms with Gasteiger partial charge in [0.05, 0.1) is 22.3 Å². The number of thioether (sulfide) groups is 1. The van der Waals surface area contributed by atoms with E-state index in [1.54, 1.807) is 4.68 Å². The van der Waals surface area contributed by atoms with Crippen LogP contribution in [0.25, 0.3) is 11.4 Å². The summed E-state index contributed by atoms with van der Waals surface area (Å²) in [7, 11) is 1.86. The van der Waals surface area contributed by atoms with E-state index in [0.717, 1.165) is 28.5 Å². The number of carbonyl (C=O) groups is 1. The van der Waals surface area contributed by atoms with Crippen LogP contribution in [0.2, 0.25) is 5.02 Å². The monoisotopic (exact) mass is 418 g/mol. The highest BCUT2D eigenvalue weighted by Gasteiger charge is 2.22. The van der Waals surface area contributed by atoms with Gasteiger partial charge in [-0.15, -0.1) is 10.2 Å². The molecule has 1 N–H and O–H groups in total. The van der Waals surface area contributed by atoms with Crippen molar-refractivity contribution in [2.75, 3.05) is 5.32 Å². The smallest absolute Gasteiger partial charge is 0.237 e. The van der Waals surface area contributed by atoms with E-state index in [2.05, 4.69) is 20.6 Å². The lowest BCUT2D eigenvalue weighted by atomic mass is 10.2. The summed E-state index contributed by atoms with van der Waals surface area (Å²) in [6.07, 6.45) is 0. The minimum absolute atomic E-state index is 0.0980. The molecule has 3 aromatic rings. The van der Waals surface area contributed by atoms with E-state index >= 15 is 0 Å². The van der Waals surface area contributed by atoms with Gasteiger partial charge in [0.15, 0.2) is 11.0 Å². The van der Waals surface area contributed by atoms with Crippen LogP contribution in [0.4, 0.5) is 5.69 Å². The van der Waals surface area contributed by atoms with Gasteiger partial charge >= 0.3 is 0 Å². The Labute approximate surface area is 173 Å². The maximum atomic E-state index is 12.7. The number of amides is 1. The maximum absolute atomic E-state index is 12.7. The number of benzene rings is 1. The quantitative estimate of drug-likeness (QED) is 0.610. The largest absolute Gasteiger partial charge is 0.322 e. The van der Waals surface area contributed by atoms with Crippen LogP contribution < -0.4 is 5.32 Å².